The summed E-state index contributed by atoms with van der Waals surface area (Å²) < 4.78 is 11.3. The van der Waals surface area contributed by atoms with E-state index >= 15 is 0 Å². The predicted molar refractivity (Wildman–Crippen MR) is 106 cm³/mol. The molecule has 2 aromatic rings. The second-order valence-corrected chi connectivity index (χ2v) is 7.18. The Kier molecular flexibility index (Phi) is 6.90. The van der Waals surface area contributed by atoms with Gasteiger partial charge in [-0.15, -0.1) is 0 Å². The van der Waals surface area contributed by atoms with Crippen LogP contribution in [0.1, 0.15) is 31.2 Å². The monoisotopic (exact) mass is 377 g/mol. The van der Waals surface area contributed by atoms with Gasteiger partial charge in [0, 0.05) is 26.6 Å². The van der Waals surface area contributed by atoms with Crippen LogP contribution in [-0.4, -0.2) is 46.6 Å². The SMILES string of the molecule is CNc1nsn(NCCCOc2cccc(CN3CCCCC3)c2)c1=O. The van der Waals surface area contributed by atoms with Crippen LogP contribution in [0.25, 0.3) is 0 Å². The highest BCUT2D eigenvalue weighted by Gasteiger charge is 2.10. The molecule has 0 spiro atoms. The van der Waals surface area contributed by atoms with Gasteiger partial charge in [0.25, 0.3) is 0 Å². The Labute approximate surface area is 158 Å². The summed E-state index contributed by atoms with van der Waals surface area (Å²) in [5.74, 6) is 1.27. The fourth-order valence-electron chi connectivity index (χ4n) is 3.06. The summed E-state index contributed by atoms with van der Waals surface area (Å²) in [4.78, 5) is 14.3. The number of benzene rings is 1. The average molecular weight is 378 g/mol. The van der Waals surface area contributed by atoms with E-state index in [0.29, 0.717) is 19.0 Å². The Hall–Kier alpha value is -2.06. The van der Waals surface area contributed by atoms with Crippen LogP contribution in [0.15, 0.2) is 29.1 Å². The van der Waals surface area contributed by atoms with E-state index in [1.807, 2.05) is 6.07 Å². The van der Waals surface area contributed by atoms with Gasteiger partial charge < -0.3 is 15.5 Å². The molecule has 0 saturated carbocycles. The minimum Gasteiger partial charge on any atom is -0.494 e. The van der Waals surface area contributed by atoms with Crippen LogP contribution in [-0.2, 0) is 6.54 Å². The Balaban J connectivity index is 1.39. The number of likely N-dealkylation sites (tertiary alicyclic amines) is 1. The predicted octanol–water partition coefficient (Wildman–Crippen LogP) is 2.35. The van der Waals surface area contributed by atoms with E-state index in [9.17, 15) is 4.79 Å². The molecule has 0 unspecified atom stereocenters. The smallest absolute Gasteiger partial charge is 0.323 e. The van der Waals surface area contributed by atoms with Crippen molar-refractivity contribution >= 4 is 17.5 Å². The molecule has 26 heavy (non-hydrogen) atoms. The highest BCUT2D eigenvalue weighted by atomic mass is 32.1. The molecule has 142 valence electrons. The van der Waals surface area contributed by atoms with Crippen molar-refractivity contribution in [2.75, 3.05) is 44.0 Å². The maximum absolute atomic E-state index is 11.8. The summed E-state index contributed by atoms with van der Waals surface area (Å²) in [6, 6.07) is 8.36. The van der Waals surface area contributed by atoms with Crippen molar-refractivity contribution in [1.29, 1.82) is 0 Å². The normalized spacial score (nSPS) is 15.0. The quantitative estimate of drug-likeness (QED) is 0.654. The molecule has 1 fully saturated rings. The van der Waals surface area contributed by atoms with Crippen molar-refractivity contribution in [3.63, 3.8) is 0 Å². The molecule has 0 radical (unpaired) electrons. The first-order chi connectivity index (χ1) is 12.8. The average Bonchev–Trinajstić information content (AvgIpc) is 3.02. The van der Waals surface area contributed by atoms with Crippen LogP contribution >= 0.6 is 11.7 Å². The Morgan fingerprint density at radius 1 is 1.27 bits per heavy atom. The van der Waals surface area contributed by atoms with Crippen LogP contribution in [0.5, 0.6) is 5.75 Å². The molecule has 0 bridgehead atoms. The van der Waals surface area contributed by atoms with E-state index < -0.39 is 0 Å². The first-order valence-electron chi connectivity index (χ1n) is 9.21. The van der Waals surface area contributed by atoms with E-state index in [-0.39, 0.29) is 5.56 Å². The summed E-state index contributed by atoms with van der Waals surface area (Å²) in [6.07, 6.45) is 4.77. The van der Waals surface area contributed by atoms with Gasteiger partial charge in [0.2, 0.25) is 5.82 Å². The van der Waals surface area contributed by atoms with Gasteiger partial charge in [0.15, 0.2) is 0 Å². The molecular weight excluding hydrogens is 350 g/mol. The molecule has 2 heterocycles. The van der Waals surface area contributed by atoms with Gasteiger partial charge in [-0.05, 0) is 43.6 Å². The third-order valence-corrected chi connectivity index (χ3v) is 5.16. The molecule has 1 saturated heterocycles. The third-order valence-electron chi connectivity index (χ3n) is 4.44. The van der Waals surface area contributed by atoms with Crippen LogP contribution < -0.4 is 21.0 Å². The minimum absolute atomic E-state index is 0.149. The molecule has 1 aromatic heterocycles. The van der Waals surface area contributed by atoms with Crippen molar-refractivity contribution in [1.82, 2.24) is 13.3 Å². The van der Waals surface area contributed by atoms with Crippen molar-refractivity contribution < 1.29 is 4.74 Å². The molecule has 0 aliphatic carbocycles. The molecule has 1 aliphatic rings. The Morgan fingerprint density at radius 3 is 2.88 bits per heavy atom. The van der Waals surface area contributed by atoms with E-state index in [0.717, 1.165) is 30.4 Å². The van der Waals surface area contributed by atoms with Crippen molar-refractivity contribution in [3.8, 4) is 5.75 Å². The number of hydrogen-bond donors (Lipinski definition) is 2. The molecule has 3 rings (SSSR count). The lowest BCUT2D eigenvalue weighted by atomic mass is 10.1. The Bertz CT molecular complexity index is 739. The number of nitrogens with zero attached hydrogens (tertiary/aromatic N) is 3. The van der Waals surface area contributed by atoms with Crippen LogP contribution in [0, 0.1) is 0 Å². The van der Waals surface area contributed by atoms with Gasteiger partial charge in [-0.25, -0.2) is 0 Å². The first kappa shape index (κ1) is 18.7. The van der Waals surface area contributed by atoms with Crippen molar-refractivity contribution in [2.45, 2.75) is 32.2 Å². The van der Waals surface area contributed by atoms with Gasteiger partial charge in [0.05, 0.1) is 18.3 Å². The first-order valence-corrected chi connectivity index (χ1v) is 9.94. The molecule has 0 amide bonds. The number of piperidine rings is 1. The van der Waals surface area contributed by atoms with Gasteiger partial charge in [-0.2, -0.15) is 8.44 Å². The zero-order valence-electron chi connectivity index (χ0n) is 15.2. The highest BCUT2D eigenvalue weighted by molar-refractivity contribution is 7.00. The molecule has 1 aromatic carbocycles. The van der Waals surface area contributed by atoms with Crippen molar-refractivity contribution in [3.05, 3.63) is 40.2 Å². The molecule has 8 heteroatoms. The number of aromatic nitrogens is 2. The van der Waals surface area contributed by atoms with E-state index in [4.69, 9.17) is 4.74 Å². The lowest BCUT2D eigenvalue weighted by Crippen LogP contribution is -2.29. The van der Waals surface area contributed by atoms with Crippen molar-refractivity contribution in [2.24, 2.45) is 0 Å². The second kappa shape index (κ2) is 9.59. The highest BCUT2D eigenvalue weighted by Crippen LogP contribution is 2.17. The van der Waals surface area contributed by atoms with Gasteiger partial charge in [-0.1, -0.05) is 18.6 Å². The summed E-state index contributed by atoms with van der Waals surface area (Å²) in [5.41, 5.74) is 4.21. The van der Waals surface area contributed by atoms with Crippen LogP contribution in [0.2, 0.25) is 0 Å². The maximum Gasteiger partial charge on any atom is 0.323 e. The fourth-order valence-corrected chi connectivity index (χ4v) is 3.70. The third kappa shape index (κ3) is 5.22. The van der Waals surface area contributed by atoms with Gasteiger partial charge >= 0.3 is 5.56 Å². The fraction of sp³-hybridized carbons (Fsp3) is 0.556. The number of nitrogens with one attached hydrogen (secondary N) is 2. The zero-order chi connectivity index (χ0) is 18.2. The van der Waals surface area contributed by atoms with Gasteiger partial charge in [-0.3, -0.25) is 9.69 Å². The summed E-state index contributed by atoms with van der Waals surface area (Å²) in [7, 11) is 1.69. The number of hydrogen-bond acceptors (Lipinski definition) is 7. The van der Waals surface area contributed by atoms with E-state index in [1.54, 1.807) is 7.05 Å². The molecule has 7 nitrogen and oxygen atoms in total. The maximum atomic E-state index is 11.8. The zero-order valence-corrected chi connectivity index (χ0v) is 16.1. The minimum atomic E-state index is -0.149. The summed E-state index contributed by atoms with van der Waals surface area (Å²) in [5, 5.41) is 2.77. The molecule has 0 atom stereocenters. The topological polar surface area (TPSA) is 71.4 Å². The molecule has 1 aliphatic heterocycles. The van der Waals surface area contributed by atoms with E-state index in [2.05, 4.69) is 38.2 Å². The van der Waals surface area contributed by atoms with Gasteiger partial charge in [0.1, 0.15) is 5.75 Å². The van der Waals surface area contributed by atoms with Crippen LogP contribution in [0.3, 0.4) is 0 Å². The van der Waals surface area contributed by atoms with E-state index in [1.165, 1.54) is 42.0 Å². The lowest BCUT2D eigenvalue weighted by molar-refractivity contribution is 0.220. The standard InChI is InChI=1S/C18H27N5O2S/c1-19-17-18(24)23(26-21-17)20-9-6-12-25-16-8-5-7-15(13-16)14-22-10-3-2-4-11-22/h5,7-8,13,20H,2-4,6,9-12,14H2,1H3,(H,19,21). The number of ether oxygens (including phenoxy) is 1. The summed E-state index contributed by atoms with van der Waals surface area (Å²) in [6.45, 7) is 4.65. The molecule has 2 N–H and O–H groups in total. The molecular formula is C18H27N5O2S. The lowest BCUT2D eigenvalue weighted by Gasteiger charge is -2.26. The number of rotatable bonds is 9. The largest absolute Gasteiger partial charge is 0.494 e. The Morgan fingerprint density at radius 2 is 2.12 bits per heavy atom. The number of anilines is 1. The summed E-state index contributed by atoms with van der Waals surface area (Å²) >= 11 is 1.11. The van der Waals surface area contributed by atoms with Crippen LogP contribution in [0.4, 0.5) is 5.82 Å². The second-order valence-electron chi connectivity index (χ2n) is 6.47.